The van der Waals surface area contributed by atoms with Crippen LogP contribution in [-0.4, -0.2) is 31.0 Å². The number of rotatable bonds is 7. The molecule has 1 fully saturated rings. The first-order valence-electron chi connectivity index (χ1n) is 9.81. The van der Waals surface area contributed by atoms with Crippen molar-refractivity contribution in [3.05, 3.63) is 48.3 Å². The molecular weight excluding hydrogens is 370 g/mol. The molecule has 1 aromatic carbocycles. The summed E-state index contributed by atoms with van der Waals surface area (Å²) in [5, 5.41) is 5.89. The normalized spacial score (nSPS) is 18.6. The number of methoxy groups -OCH3 is 2. The van der Waals surface area contributed by atoms with Gasteiger partial charge in [-0.05, 0) is 49.9 Å². The highest BCUT2D eigenvalue weighted by atomic mass is 16.5. The highest BCUT2D eigenvalue weighted by Gasteiger charge is 2.30. The van der Waals surface area contributed by atoms with Crippen LogP contribution in [-0.2, 0) is 16.1 Å². The summed E-state index contributed by atoms with van der Waals surface area (Å²) in [7, 11) is 3.13. The molecule has 29 heavy (non-hydrogen) atoms. The highest BCUT2D eigenvalue weighted by molar-refractivity contribution is 5.93. The Labute approximate surface area is 170 Å². The second-order valence-corrected chi connectivity index (χ2v) is 7.15. The first-order valence-corrected chi connectivity index (χ1v) is 9.81. The molecule has 0 atom stereocenters. The minimum Gasteiger partial charge on any atom is -0.493 e. The van der Waals surface area contributed by atoms with Crippen LogP contribution in [0, 0.1) is 11.8 Å². The van der Waals surface area contributed by atoms with Gasteiger partial charge in [0.15, 0.2) is 11.5 Å². The molecule has 2 aromatic rings. The van der Waals surface area contributed by atoms with Crippen LogP contribution < -0.4 is 20.1 Å². The van der Waals surface area contributed by atoms with Crippen LogP contribution in [0.3, 0.4) is 0 Å². The Morgan fingerprint density at radius 3 is 2.28 bits per heavy atom. The fourth-order valence-corrected chi connectivity index (χ4v) is 3.60. The number of benzene rings is 1. The molecular formula is C22H27N3O4. The second kappa shape index (κ2) is 9.91. The third-order valence-electron chi connectivity index (χ3n) is 5.29. The van der Waals surface area contributed by atoms with E-state index in [0.717, 1.165) is 5.69 Å². The Hall–Kier alpha value is -3.09. The van der Waals surface area contributed by atoms with Crippen LogP contribution >= 0.6 is 0 Å². The predicted molar refractivity (Wildman–Crippen MR) is 110 cm³/mol. The molecule has 0 bridgehead atoms. The second-order valence-electron chi connectivity index (χ2n) is 7.15. The SMILES string of the molecule is COc1ccc(NC(=O)C2CCC(C(=O)NCc3ccccn3)CC2)cc1OC. The predicted octanol–water partition coefficient (Wildman–Crippen LogP) is 3.16. The number of hydrogen-bond donors (Lipinski definition) is 2. The van der Waals surface area contributed by atoms with Crippen molar-refractivity contribution in [3.8, 4) is 11.5 Å². The van der Waals surface area contributed by atoms with Gasteiger partial charge >= 0.3 is 0 Å². The van der Waals surface area contributed by atoms with Gasteiger partial charge in [-0.1, -0.05) is 6.07 Å². The van der Waals surface area contributed by atoms with E-state index in [1.165, 1.54) is 0 Å². The Kier molecular flexibility index (Phi) is 7.05. The van der Waals surface area contributed by atoms with Gasteiger partial charge in [0.1, 0.15) is 0 Å². The molecule has 0 spiro atoms. The lowest BCUT2D eigenvalue weighted by Gasteiger charge is -2.27. The lowest BCUT2D eigenvalue weighted by Crippen LogP contribution is -2.35. The number of carbonyl (C=O) groups is 2. The number of aromatic nitrogens is 1. The summed E-state index contributed by atoms with van der Waals surface area (Å²) in [6.45, 7) is 0.430. The van der Waals surface area contributed by atoms with Gasteiger partial charge < -0.3 is 20.1 Å². The van der Waals surface area contributed by atoms with Crippen LogP contribution in [0.1, 0.15) is 31.4 Å². The monoisotopic (exact) mass is 397 g/mol. The summed E-state index contributed by atoms with van der Waals surface area (Å²) >= 11 is 0. The van der Waals surface area contributed by atoms with Gasteiger partial charge in [-0.3, -0.25) is 14.6 Å². The van der Waals surface area contributed by atoms with E-state index in [0.29, 0.717) is 49.4 Å². The van der Waals surface area contributed by atoms with E-state index in [1.54, 1.807) is 38.6 Å². The van der Waals surface area contributed by atoms with E-state index in [1.807, 2.05) is 18.2 Å². The van der Waals surface area contributed by atoms with Crippen LogP contribution in [0.15, 0.2) is 42.6 Å². The summed E-state index contributed by atoms with van der Waals surface area (Å²) in [6.07, 6.45) is 4.52. The molecule has 1 saturated carbocycles. The van der Waals surface area contributed by atoms with E-state index >= 15 is 0 Å². The molecule has 0 saturated heterocycles. The van der Waals surface area contributed by atoms with Crippen molar-refractivity contribution in [1.82, 2.24) is 10.3 Å². The molecule has 3 rings (SSSR count). The van der Waals surface area contributed by atoms with Gasteiger partial charge in [0.05, 0.1) is 26.5 Å². The maximum absolute atomic E-state index is 12.6. The zero-order valence-corrected chi connectivity index (χ0v) is 16.8. The number of nitrogens with one attached hydrogen (secondary N) is 2. The summed E-state index contributed by atoms with van der Waals surface area (Å²) in [6, 6.07) is 10.9. The number of hydrogen-bond acceptors (Lipinski definition) is 5. The van der Waals surface area contributed by atoms with Gasteiger partial charge in [0, 0.05) is 29.8 Å². The molecule has 0 aliphatic heterocycles. The molecule has 2 amide bonds. The molecule has 0 radical (unpaired) electrons. The summed E-state index contributed by atoms with van der Waals surface area (Å²) < 4.78 is 10.5. The largest absolute Gasteiger partial charge is 0.493 e. The van der Waals surface area contributed by atoms with Crippen molar-refractivity contribution in [2.75, 3.05) is 19.5 Å². The Bertz CT molecular complexity index is 833. The maximum Gasteiger partial charge on any atom is 0.227 e. The summed E-state index contributed by atoms with van der Waals surface area (Å²) in [5.41, 5.74) is 1.51. The van der Waals surface area contributed by atoms with Crippen molar-refractivity contribution in [1.29, 1.82) is 0 Å². The fraction of sp³-hybridized carbons (Fsp3) is 0.409. The van der Waals surface area contributed by atoms with Crippen molar-refractivity contribution in [2.24, 2.45) is 11.8 Å². The zero-order valence-electron chi connectivity index (χ0n) is 16.8. The van der Waals surface area contributed by atoms with E-state index in [2.05, 4.69) is 15.6 Å². The number of nitrogens with zero attached hydrogens (tertiary/aromatic N) is 1. The van der Waals surface area contributed by atoms with Gasteiger partial charge in [0.25, 0.3) is 0 Å². The average Bonchev–Trinajstić information content (AvgIpc) is 2.78. The van der Waals surface area contributed by atoms with E-state index in [-0.39, 0.29) is 23.7 Å². The van der Waals surface area contributed by atoms with Gasteiger partial charge in [-0.15, -0.1) is 0 Å². The van der Waals surface area contributed by atoms with Crippen molar-refractivity contribution >= 4 is 17.5 Å². The molecule has 1 aliphatic rings. The highest BCUT2D eigenvalue weighted by Crippen LogP contribution is 2.32. The molecule has 2 N–H and O–H groups in total. The van der Waals surface area contributed by atoms with Crippen molar-refractivity contribution in [3.63, 3.8) is 0 Å². The standard InChI is InChI=1S/C22H27N3O4/c1-28-19-11-10-17(13-20(19)29-2)25-22(27)16-8-6-15(7-9-16)21(26)24-14-18-5-3-4-12-23-18/h3-5,10-13,15-16H,6-9,14H2,1-2H3,(H,24,26)(H,25,27). The zero-order chi connectivity index (χ0) is 20.6. The number of carbonyl (C=O) groups excluding carboxylic acids is 2. The van der Waals surface area contributed by atoms with Gasteiger partial charge in [-0.25, -0.2) is 0 Å². The van der Waals surface area contributed by atoms with Crippen LogP contribution in [0.25, 0.3) is 0 Å². The van der Waals surface area contributed by atoms with Crippen molar-refractivity contribution < 1.29 is 19.1 Å². The smallest absolute Gasteiger partial charge is 0.227 e. The van der Waals surface area contributed by atoms with E-state index in [4.69, 9.17) is 9.47 Å². The van der Waals surface area contributed by atoms with Gasteiger partial charge in [-0.2, -0.15) is 0 Å². The summed E-state index contributed by atoms with van der Waals surface area (Å²) in [5.74, 6) is 1.05. The van der Waals surface area contributed by atoms with E-state index < -0.39 is 0 Å². The number of anilines is 1. The Morgan fingerprint density at radius 1 is 0.966 bits per heavy atom. The lowest BCUT2D eigenvalue weighted by atomic mass is 9.81. The van der Waals surface area contributed by atoms with Crippen LogP contribution in [0.5, 0.6) is 11.5 Å². The maximum atomic E-state index is 12.6. The third kappa shape index (κ3) is 5.47. The van der Waals surface area contributed by atoms with E-state index in [9.17, 15) is 9.59 Å². The third-order valence-corrected chi connectivity index (χ3v) is 5.29. The number of ether oxygens (including phenoxy) is 2. The number of pyridine rings is 1. The van der Waals surface area contributed by atoms with Gasteiger partial charge in [0.2, 0.25) is 11.8 Å². The fourth-order valence-electron chi connectivity index (χ4n) is 3.60. The first kappa shape index (κ1) is 20.6. The Morgan fingerprint density at radius 2 is 1.66 bits per heavy atom. The summed E-state index contributed by atoms with van der Waals surface area (Å²) in [4.78, 5) is 29.2. The minimum atomic E-state index is -0.0945. The molecule has 1 aliphatic carbocycles. The molecule has 0 unspecified atom stereocenters. The topological polar surface area (TPSA) is 89.5 Å². The van der Waals surface area contributed by atoms with Crippen molar-refractivity contribution in [2.45, 2.75) is 32.2 Å². The first-order chi connectivity index (χ1) is 14.1. The average molecular weight is 397 g/mol. The molecule has 1 aromatic heterocycles. The Balaban J connectivity index is 1.47. The molecule has 1 heterocycles. The van der Waals surface area contributed by atoms with Crippen LogP contribution in [0.4, 0.5) is 5.69 Å². The van der Waals surface area contributed by atoms with Crippen LogP contribution in [0.2, 0.25) is 0 Å². The quantitative estimate of drug-likeness (QED) is 0.749. The molecule has 154 valence electrons. The lowest BCUT2D eigenvalue weighted by molar-refractivity contribution is -0.128. The minimum absolute atomic E-state index is 0.0236. The number of amides is 2. The molecule has 7 nitrogen and oxygen atoms in total. The molecule has 7 heteroatoms.